The predicted molar refractivity (Wildman–Crippen MR) is 121 cm³/mol. The summed E-state index contributed by atoms with van der Waals surface area (Å²) < 4.78 is 21.6. The van der Waals surface area contributed by atoms with Crippen molar-refractivity contribution in [1.82, 2.24) is 4.90 Å². The second-order valence-electron chi connectivity index (χ2n) is 8.36. The van der Waals surface area contributed by atoms with Gasteiger partial charge in [-0.3, -0.25) is 14.4 Å². The Labute approximate surface area is 194 Å². The molecule has 1 aromatic carbocycles. The van der Waals surface area contributed by atoms with Gasteiger partial charge in [-0.2, -0.15) is 0 Å². The number of hydrogen-bond acceptors (Lipinski definition) is 7. The Morgan fingerprint density at radius 1 is 0.970 bits per heavy atom. The van der Waals surface area contributed by atoms with Gasteiger partial charge < -0.3 is 23.8 Å². The molecule has 33 heavy (non-hydrogen) atoms. The van der Waals surface area contributed by atoms with Crippen LogP contribution in [0.2, 0.25) is 0 Å². The van der Waals surface area contributed by atoms with Crippen LogP contribution in [-0.2, 0) is 35.8 Å². The van der Waals surface area contributed by atoms with Crippen LogP contribution >= 0.6 is 0 Å². The largest absolute Gasteiger partial charge is 0.493 e. The third-order valence-electron chi connectivity index (χ3n) is 6.94. The van der Waals surface area contributed by atoms with Gasteiger partial charge in [0.15, 0.2) is 16.9 Å². The summed E-state index contributed by atoms with van der Waals surface area (Å²) in [5.74, 6) is -0.129. The van der Waals surface area contributed by atoms with Gasteiger partial charge in [-0.25, -0.2) is 0 Å². The lowest BCUT2D eigenvalue weighted by molar-refractivity contribution is -0.177. The van der Waals surface area contributed by atoms with Gasteiger partial charge in [0.05, 0.1) is 33.0 Å². The van der Waals surface area contributed by atoms with Crippen molar-refractivity contribution in [1.29, 1.82) is 0 Å². The van der Waals surface area contributed by atoms with Crippen molar-refractivity contribution in [3.63, 3.8) is 0 Å². The number of carbonyl (C=O) groups excluding carboxylic acids is 3. The molecular weight excluding hydrogens is 426 g/mol. The van der Waals surface area contributed by atoms with Crippen LogP contribution in [0.25, 0.3) is 0 Å². The van der Waals surface area contributed by atoms with Gasteiger partial charge >= 0.3 is 11.9 Å². The highest BCUT2D eigenvalue weighted by atomic mass is 16.6. The summed E-state index contributed by atoms with van der Waals surface area (Å²) in [5, 5.41) is 0. The van der Waals surface area contributed by atoms with E-state index in [1.54, 1.807) is 28.1 Å². The van der Waals surface area contributed by atoms with Crippen molar-refractivity contribution in [2.45, 2.75) is 51.5 Å². The molecule has 1 aliphatic heterocycles. The Balaban J connectivity index is 2.10. The van der Waals surface area contributed by atoms with E-state index in [4.69, 9.17) is 18.9 Å². The molecule has 0 N–H and O–H groups in total. The molecule has 0 radical (unpaired) electrons. The molecule has 0 unspecified atom stereocenters. The zero-order chi connectivity index (χ0) is 24.2. The van der Waals surface area contributed by atoms with Crippen LogP contribution < -0.4 is 9.47 Å². The molecule has 1 heterocycles. The van der Waals surface area contributed by atoms with Gasteiger partial charge in [-0.05, 0) is 75.3 Å². The lowest BCUT2D eigenvalue weighted by Gasteiger charge is -2.53. The van der Waals surface area contributed by atoms with Gasteiger partial charge in [0, 0.05) is 6.54 Å². The van der Waals surface area contributed by atoms with E-state index in [0.29, 0.717) is 37.3 Å². The highest BCUT2D eigenvalue weighted by molar-refractivity contribution is 6.00. The Hall–Kier alpha value is -3.03. The maximum Gasteiger partial charge on any atom is 0.323 e. The summed E-state index contributed by atoms with van der Waals surface area (Å²) in [4.78, 5) is 40.6. The number of fused-ring (bicyclic) bond motifs is 2. The lowest BCUT2D eigenvalue weighted by Crippen LogP contribution is -2.58. The number of carbonyl (C=O) groups is 3. The topological polar surface area (TPSA) is 91.4 Å². The monoisotopic (exact) mass is 459 g/mol. The molecule has 1 saturated carbocycles. The van der Waals surface area contributed by atoms with Crippen LogP contribution in [-0.4, -0.2) is 56.7 Å². The minimum absolute atomic E-state index is 0.173. The lowest BCUT2D eigenvalue weighted by atomic mass is 9.62. The molecule has 1 aromatic rings. The maximum atomic E-state index is 13.0. The molecule has 0 bridgehead atoms. The Bertz CT molecular complexity index is 911. The first-order chi connectivity index (χ1) is 15.8. The molecule has 1 aliphatic carbocycles. The van der Waals surface area contributed by atoms with E-state index in [0.717, 1.165) is 11.1 Å². The zero-order valence-electron chi connectivity index (χ0n) is 19.9. The van der Waals surface area contributed by atoms with E-state index in [-0.39, 0.29) is 32.0 Å². The third kappa shape index (κ3) is 4.07. The van der Waals surface area contributed by atoms with Crippen molar-refractivity contribution in [2.75, 3.05) is 34.0 Å². The van der Waals surface area contributed by atoms with Gasteiger partial charge in [-0.15, -0.1) is 0 Å². The first-order valence-electron chi connectivity index (χ1n) is 11.4. The van der Waals surface area contributed by atoms with Gasteiger partial charge in [-0.1, -0.05) is 6.58 Å². The molecular formula is C25H33NO7. The molecule has 2 aliphatic rings. The number of nitrogens with zero attached hydrogens (tertiary/aromatic N) is 1. The molecule has 0 aromatic heterocycles. The fourth-order valence-corrected chi connectivity index (χ4v) is 5.24. The number of rotatable bonds is 7. The first-order valence-corrected chi connectivity index (χ1v) is 11.4. The van der Waals surface area contributed by atoms with Crippen LogP contribution in [0.1, 0.15) is 50.7 Å². The van der Waals surface area contributed by atoms with E-state index < -0.39 is 22.9 Å². The summed E-state index contributed by atoms with van der Waals surface area (Å²) in [5.41, 5.74) is -0.0849. The van der Waals surface area contributed by atoms with Crippen LogP contribution in [0.15, 0.2) is 24.8 Å². The van der Waals surface area contributed by atoms with Gasteiger partial charge in [0.25, 0.3) is 0 Å². The van der Waals surface area contributed by atoms with Crippen LogP contribution in [0.3, 0.4) is 0 Å². The number of benzene rings is 1. The van der Waals surface area contributed by atoms with Crippen molar-refractivity contribution in [3.8, 4) is 11.5 Å². The minimum atomic E-state index is -1.38. The third-order valence-corrected chi connectivity index (χ3v) is 6.94. The summed E-state index contributed by atoms with van der Waals surface area (Å²) >= 11 is 0. The second kappa shape index (κ2) is 9.85. The molecule has 8 heteroatoms. The highest BCUT2D eigenvalue weighted by Gasteiger charge is 2.57. The number of ether oxygens (including phenoxy) is 4. The maximum absolute atomic E-state index is 13.0. The van der Waals surface area contributed by atoms with E-state index in [9.17, 15) is 14.4 Å². The fraction of sp³-hybridized carbons (Fsp3) is 0.560. The Morgan fingerprint density at radius 3 is 2.00 bits per heavy atom. The normalized spacial score (nSPS) is 18.1. The molecule has 8 nitrogen and oxygen atoms in total. The quantitative estimate of drug-likeness (QED) is 0.351. The predicted octanol–water partition coefficient (Wildman–Crippen LogP) is 3.16. The Morgan fingerprint density at radius 2 is 1.52 bits per heavy atom. The molecule has 1 spiro atoms. The number of hydrogen-bond donors (Lipinski definition) is 0. The van der Waals surface area contributed by atoms with Gasteiger partial charge in [0.2, 0.25) is 5.91 Å². The van der Waals surface area contributed by atoms with E-state index in [1.807, 2.05) is 17.0 Å². The summed E-state index contributed by atoms with van der Waals surface area (Å²) in [6.07, 6.45) is 3.17. The van der Waals surface area contributed by atoms with E-state index in [2.05, 4.69) is 6.58 Å². The van der Waals surface area contributed by atoms with E-state index in [1.165, 1.54) is 6.08 Å². The SMILES string of the molecule is C=CC(=O)N1CCc2cc(OC)c(OC)cc2C12CCC(C(=O)OCC)(C(=O)OCC)CC2. The van der Waals surface area contributed by atoms with Crippen molar-refractivity contribution >= 4 is 17.8 Å². The van der Waals surface area contributed by atoms with Crippen LogP contribution in [0.5, 0.6) is 11.5 Å². The van der Waals surface area contributed by atoms with Crippen LogP contribution in [0, 0.1) is 5.41 Å². The summed E-state index contributed by atoms with van der Waals surface area (Å²) in [6, 6.07) is 3.86. The standard InChI is InChI=1S/C25H33NO7/c1-6-21(27)26-14-9-17-15-19(30-4)20(31-5)16-18(17)25(26)12-10-24(11-13-25,22(28)32-7-2)23(29)33-8-3/h6,15-16H,1,7-14H2,2-5H3. The number of methoxy groups -OCH3 is 2. The molecule has 0 atom stereocenters. The average Bonchev–Trinajstić information content (AvgIpc) is 2.83. The Kier molecular flexibility index (Phi) is 7.34. The molecule has 0 saturated heterocycles. The molecule has 180 valence electrons. The highest BCUT2D eigenvalue weighted by Crippen LogP contribution is 2.53. The smallest absolute Gasteiger partial charge is 0.323 e. The number of esters is 2. The van der Waals surface area contributed by atoms with Crippen LogP contribution in [0.4, 0.5) is 0 Å². The minimum Gasteiger partial charge on any atom is -0.493 e. The molecule has 3 rings (SSSR count). The zero-order valence-corrected chi connectivity index (χ0v) is 19.9. The first kappa shape index (κ1) is 24.6. The number of amides is 1. The second-order valence-corrected chi connectivity index (χ2v) is 8.36. The van der Waals surface area contributed by atoms with Crippen molar-refractivity contribution < 1.29 is 33.3 Å². The summed E-state index contributed by atoms with van der Waals surface area (Å²) in [6.45, 7) is 7.95. The fourth-order valence-electron chi connectivity index (χ4n) is 5.24. The summed E-state index contributed by atoms with van der Waals surface area (Å²) in [7, 11) is 3.16. The van der Waals surface area contributed by atoms with E-state index >= 15 is 0 Å². The average molecular weight is 460 g/mol. The van der Waals surface area contributed by atoms with Gasteiger partial charge in [0.1, 0.15) is 0 Å². The van der Waals surface area contributed by atoms with Crippen molar-refractivity contribution in [3.05, 3.63) is 35.9 Å². The molecule has 1 amide bonds. The van der Waals surface area contributed by atoms with Crippen molar-refractivity contribution in [2.24, 2.45) is 5.41 Å². The molecule has 1 fully saturated rings.